The summed E-state index contributed by atoms with van der Waals surface area (Å²) in [6.45, 7) is 0.836. The van der Waals surface area contributed by atoms with Crippen LogP contribution in [0.4, 0.5) is 4.79 Å². The topological polar surface area (TPSA) is 104 Å². The number of carboxylic acids is 1. The molecule has 0 aromatic carbocycles. The first-order valence-electron chi connectivity index (χ1n) is 4.51. The summed E-state index contributed by atoms with van der Waals surface area (Å²) in [6, 6.07) is -1.67. The standard InChI is InChI=1S/C8H17N3O3/c1-10-5-3-2-4-6(7(12)13)11-8(9)14/h6,10H,2-5H2,1H3,(H,12,13)(H3,9,11,14)/t6-/m0/s1. The molecule has 0 saturated carbocycles. The fourth-order valence-electron chi connectivity index (χ4n) is 1.08. The predicted octanol–water partition coefficient (Wildman–Crippen LogP) is -0.502. The van der Waals surface area contributed by atoms with E-state index in [2.05, 4.69) is 10.6 Å². The number of hydrogen-bond donors (Lipinski definition) is 4. The van der Waals surface area contributed by atoms with Crippen LogP contribution in [-0.2, 0) is 4.79 Å². The van der Waals surface area contributed by atoms with E-state index in [-0.39, 0.29) is 0 Å². The number of aliphatic carboxylic acids is 1. The molecular formula is C8H17N3O3. The first-order valence-corrected chi connectivity index (χ1v) is 4.51. The summed E-state index contributed by atoms with van der Waals surface area (Å²) in [4.78, 5) is 21.1. The number of hydrogen-bond acceptors (Lipinski definition) is 3. The maximum absolute atomic E-state index is 10.6. The molecule has 0 aliphatic carbocycles. The fraction of sp³-hybridized carbons (Fsp3) is 0.750. The van der Waals surface area contributed by atoms with Crippen molar-refractivity contribution in [3.63, 3.8) is 0 Å². The highest BCUT2D eigenvalue weighted by Crippen LogP contribution is 2.00. The number of unbranched alkanes of at least 4 members (excludes halogenated alkanes) is 1. The molecule has 0 aromatic rings. The Kier molecular flexibility index (Phi) is 6.47. The van der Waals surface area contributed by atoms with Crippen molar-refractivity contribution < 1.29 is 14.7 Å². The van der Waals surface area contributed by atoms with Crippen molar-refractivity contribution in [2.75, 3.05) is 13.6 Å². The summed E-state index contributed by atoms with van der Waals surface area (Å²) >= 11 is 0. The number of amides is 2. The maximum atomic E-state index is 10.6. The van der Waals surface area contributed by atoms with Gasteiger partial charge in [0.15, 0.2) is 0 Å². The highest BCUT2D eigenvalue weighted by atomic mass is 16.4. The number of urea groups is 1. The van der Waals surface area contributed by atoms with Gasteiger partial charge in [-0.15, -0.1) is 0 Å². The van der Waals surface area contributed by atoms with Crippen LogP contribution in [0.1, 0.15) is 19.3 Å². The highest BCUT2D eigenvalue weighted by Gasteiger charge is 2.17. The van der Waals surface area contributed by atoms with E-state index in [1.165, 1.54) is 0 Å². The third kappa shape index (κ3) is 6.24. The zero-order valence-corrected chi connectivity index (χ0v) is 8.25. The predicted molar refractivity (Wildman–Crippen MR) is 51.9 cm³/mol. The molecule has 2 amide bonds. The lowest BCUT2D eigenvalue weighted by Gasteiger charge is -2.12. The number of nitrogens with one attached hydrogen (secondary N) is 2. The zero-order chi connectivity index (χ0) is 11.0. The number of rotatable bonds is 7. The van der Waals surface area contributed by atoms with Gasteiger partial charge in [0.1, 0.15) is 6.04 Å². The van der Waals surface area contributed by atoms with Gasteiger partial charge in [-0.25, -0.2) is 9.59 Å². The first-order chi connectivity index (χ1) is 6.57. The van der Waals surface area contributed by atoms with Gasteiger partial charge in [0, 0.05) is 0 Å². The van der Waals surface area contributed by atoms with Crippen molar-refractivity contribution in [2.24, 2.45) is 5.73 Å². The number of primary amides is 1. The van der Waals surface area contributed by atoms with Crippen molar-refractivity contribution in [2.45, 2.75) is 25.3 Å². The molecule has 0 fully saturated rings. The summed E-state index contributed by atoms with van der Waals surface area (Å²) in [7, 11) is 1.83. The van der Waals surface area contributed by atoms with E-state index in [0.717, 1.165) is 19.4 Å². The summed E-state index contributed by atoms with van der Waals surface area (Å²) in [5, 5.41) is 13.8. The summed E-state index contributed by atoms with van der Waals surface area (Å²) in [5.41, 5.74) is 4.84. The van der Waals surface area contributed by atoms with Crippen LogP contribution in [0.25, 0.3) is 0 Å². The van der Waals surface area contributed by atoms with E-state index in [0.29, 0.717) is 6.42 Å². The summed E-state index contributed by atoms with van der Waals surface area (Å²) < 4.78 is 0. The quantitative estimate of drug-likeness (QED) is 0.418. The van der Waals surface area contributed by atoms with Crippen molar-refractivity contribution in [1.82, 2.24) is 10.6 Å². The molecule has 0 saturated heterocycles. The largest absolute Gasteiger partial charge is 0.480 e. The fourth-order valence-corrected chi connectivity index (χ4v) is 1.08. The van der Waals surface area contributed by atoms with E-state index >= 15 is 0 Å². The molecule has 82 valence electrons. The normalized spacial score (nSPS) is 12.1. The Labute approximate surface area is 82.9 Å². The average Bonchev–Trinajstić information content (AvgIpc) is 2.09. The smallest absolute Gasteiger partial charge is 0.326 e. The molecule has 0 spiro atoms. The van der Waals surface area contributed by atoms with Crippen LogP contribution in [0, 0.1) is 0 Å². The molecule has 0 bridgehead atoms. The Balaban J connectivity index is 3.74. The highest BCUT2D eigenvalue weighted by molar-refractivity contribution is 5.81. The van der Waals surface area contributed by atoms with Gasteiger partial charge < -0.3 is 21.5 Å². The lowest BCUT2D eigenvalue weighted by molar-refractivity contribution is -0.139. The molecule has 6 heteroatoms. The van der Waals surface area contributed by atoms with Gasteiger partial charge in [0.05, 0.1) is 0 Å². The molecular weight excluding hydrogens is 186 g/mol. The summed E-state index contributed by atoms with van der Waals surface area (Å²) in [6.07, 6.45) is 2.01. The molecule has 5 N–H and O–H groups in total. The number of carbonyl (C=O) groups is 2. The molecule has 6 nitrogen and oxygen atoms in total. The third-order valence-electron chi connectivity index (χ3n) is 1.78. The second-order valence-electron chi connectivity index (χ2n) is 3.00. The molecule has 0 aliphatic rings. The first kappa shape index (κ1) is 12.7. The number of carbonyl (C=O) groups excluding carboxylic acids is 1. The Bertz CT molecular complexity index is 196. The minimum absolute atomic E-state index is 0.403. The average molecular weight is 203 g/mol. The molecule has 14 heavy (non-hydrogen) atoms. The second-order valence-corrected chi connectivity index (χ2v) is 3.00. The number of carboxylic acid groups (broad SMARTS) is 1. The number of nitrogens with two attached hydrogens (primary N) is 1. The van der Waals surface area contributed by atoms with Gasteiger partial charge in [0.25, 0.3) is 0 Å². The van der Waals surface area contributed by atoms with Crippen LogP contribution in [0.3, 0.4) is 0 Å². The van der Waals surface area contributed by atoms with Gasteiger partial charge in [-0.2, -0.15) is 0 Å². The zero-order valence-electron chi connectivity index (χ0n) is 8.25. The van der Waals surface area contributed by atoms with Gasteiger partial charge in [0.2, 0.25) is 0 Å². The van der Waals surface area contributed by atoms with Gasteiger partial charge in [-0.05, 0) is 32.9 Å². The minimum atomic E-state index is -1.05. The van der Waals surface area contributed by atoms with Gasteiger partial charge >= 0.3 is 12.0 Å². The second kappa shape index (κ2) is 7.14. The van der Waals surface area contributed by atoms with E-state index < -0.39 is 18.0 Å². The molecule has 0 radical (unpaired) electrons. The van der Waals surface area contributed by atoms with Crippen LogP contribution in [0.5, 0.6) is 0 Å². The Morgan fingerprint density at radius 3 is 2.50 bits per heavy atom. The third-order valence-corrected chi connectivity index (χ3v) is 1.78. The van der Waals surface area contributed by atoms with E-state index in [9.17, 15) is 9.59 Å². The van der Waals surface area contributed by atoms with Gasteiger partial charge in [-0.1, -0.05) is 0 Å². The van der Waals surface area contributed by atoms with Crippen molar-refractivity contribution in [3.8, 4) is 0 Å². The van der Waals surface area contributed by atoms with Crippen LogP contribution < -0.4 is 16.4 Å². The summed E-state index contributed by atoms with van der Waals surface area (Å²) in [5.74, 6) is -1.05. The lowest BCUT2D eigenvalue weighted by atomic mass is 10.1. The van der Waals surface area contributed by atoms with Gasteiger partial charge in [-0.3, -0.25) is 0 Å². The van der Waals surface area contributed by atoms with Crippen molar-refractivity contribution >= 4 is 12.0 Å². The molecule has 1 atom stereocenters. The Morgan fingerprint density at radius 1 is 1.43 bits per heavy atom. The molecule has 0 aromatic heterocycles. The maximum Gasteiger partial charge on any atom is 0.326 e. The SMILES string of the molecule is CNCCCC[C@H](NC(N)=O)C(=O)O. The van der Waals surface area contributed by atoms with Crippen molar-refractivity contribution in [3.05, 3.63) is 0 Å². The monoisotopic (exact) mass is 203 g/mol. The molecule has 0 aliphatic heterocycles. The molecule has 0 heterocycles. The van der Waals surface area contributed by atoms with E-state index in [4.69, 9.17) is 10.8 Å². The lowest BCUT2D eigenvalue weighted by Crippen LogP contribution is -2.43. The van der Waals surface area contributed by atoms with Crippen LogP contribution >= 0.6 is 0 Å². The minimum Gasteiger partial charge on any atom is -0.480 e. The van der Waals surface area contributed by atoms with Crippen molar-refractivity contribution in [1.29, 1.82) is 0 Å². The van der Waals surface area contributed by atoms with Crippen LogP contribution in [0.15, 0.2) is 0 Å². The van der Waals surface area contributed by atoms with Crippen LogP contribution in [0.2, 0.25) is 0 Å². The molecule has 0 rings (SSSR count). The molecule has 0 unspecified atom stereocenters. The Morgan fingerprint density at radius 2 is 2.07 bits per heavy atom. The Hall–Kier alpha value is -1.30. The van der Waals surface area contributed by atoms with E-state index in [1.807, 2.05) is 7.05 Å². The van der Waals surface area contributed by atoms with Crippen LogP contribution in [-0.4, -0.2) is 36.7 Å². The van der Waals surface area contributed by atoms with E-state index in [1.54, 1.807) is 0 Å².